The number of nitrogens with zero attached hydrogens (tertiary/aromatic N) is 2. The molecule has 0 amide bonds. The molecule has 0 atom stereocenters. The Labute approximate surface area is 99.9 Å². The number of nitrogens with two attached hydrogens (primary N) is 1. The molecule has 86 valence electrons. The molecular formula is C13H14N4. The third-order valence-corrected chi connectivity index (χ3v) is 3.06. The van der Waals surface area contributed by atoms with Crippen molar-refractivity contribution in [3.63, 3.8) is 0 Å². The van der Waals surface area contributed by atoms with Crippen molar-refractivity contribution >= 4 is 5.95 Å². The second-order valence-electron chi connectivity index (χ2n) is 4.21. The Kier molecular flexibility index (Phi) is 2.49. The van der Waals surface area contributed by atoms with Crippen molar-refractivity contribution in [3.8, 4) is 11.3 Å². The summed E-state index contributed by atoms with van der Waals surface area (Å²) in [6.45, 7) is 2.00. The predicted octanol–water partition coefficient (Wildman–Crippen LogP) is 1.37. The molecule has 2 aromatic rings. The van der Waals surface area contributed by atoms with E-state index in [9.17, 15) is 0 Å². The third-order valence-electron chi connectivity index (χ3n) is 3.06. The largest absolute Gasteiger partial charge is 0.368 e. The van der Waals surface area contributed by atoms with Crippen molar-refractivity contribution in [1.82, 2.24) is 15.3 Å². The quantitative estimate of drug-likeness (QED) is 0.771. The number of rotatable bonds is 1. The number of aromatic nitrogens is 2. The van der Waals surface area contributed by atoms with E-state index in [2.05, 4.69) is 33.5 Å². The lowest BCUT2D eigenvalue weighted by molar-refractivity contribution is 0.644. The van der Waals surface area contributed by atoms with Crippen LogP contribution < -0.4 is 11.1 Å². The molecule has 3 N–H and O–H groups in total. The Morgan fingerprint density at radius 3 is 3.00 bits per heavy atom. The van der Waals surface area contributed by atoms with Crippen LogP contribution in [0.2, 0.25) is 0 Å². The normalized spacial score (nSPS) is 14.4. The van der Waals surface area contributed by atoms with Crippen LogP contribution >= 0.6 is 0 Å². The maximum absolute atomic E-state index is 5.60. The lowest BCUT2D eigenvalue weighted by atomic mass is 9.97. The van der Waals surface area contributed by atoms with Gasteiger partial charge in [0.05, 0.1) is 5.69 Å². The van der Waals surface area contributed by atoms with E-state index in [1.165, 1.54) is 11.1 Å². The van der Waals surface area contributed by atoms with Gasteiger partial charge in [0.1, 0.15) is 0 Å². The minimum atomic E-state index is 0.318. The Balaban J connectivity index is 2.04. The number of nitrogens with one attached hydrogen (secondary N) is 1. The number of anilines is 1. The molecular weight excluding hydrogens is 212 g/mol. The summed E-state index contributed by atoms with van der Waals surface area (Å²) >= 11 is 0. The molecule has 1 aromatic carbocycles. The van der Waals surface area contributed by atoms with Crippen LogP contribution in [0.5, 0.6) is 0 Å². The molecule has 0 bridgehead atoms. The van der Waals surface area contributed by atoms with Gasteiger partial charge in [-0.1, -0.05) is 12.1 Å². The summed E-state index contributed by atoms with van der Waals surface area (Å²) in [4.78, 5) is 8.15. The van der Waals surface area contributed by atoms with Crippen LogP contribution in [0.3, 0.4) is 0 Å². The highest BCUT2D eigenvalue weighted by molar-refractivity contribution is 5.61. The van der Waals surface area contributed by atoms with Crippen LogP contribution in [-0.2, 0) is 13.0 Å². The Morgan fingerprint density at radius 2 is 2.12 bits per heavy atom. The molecule has 0 aliphatic carbocycles. The van der Waals surface area contributed by atoms with E-state index in [4.69, 9.17) is 5.73 Å². The van der Waals surface area contributed by atoms with E-state index in [1.807, 2.05) is 6.07 Å². The van der Waals surface area contributed by atoms with E-state index in [0.29, 0.717) is 5.95 Å². The number of hydrogen-bond donors (Lipinski definition) is 2. The van der Waals surface area contributed by atoms with Gasteiger partial charge >= 0.3 is 0 Å². The number of benzene rings is 1. The average molecular weight is 226 g/mol. The highest BCUT2D eigenvalue weighted by Crippen LogP contribution is 2.22. The van der Waals surface area contributed by atoms with Gasteiger partial charge < -0.3 is 11.1 Å². The summed E-state index contributed by atoms with van der Waals surface area (Å²) in [7, 11) is 0. The molecule has 1 aromatic heterocycles. The summed E-state index contributed by atoms with van der Waals surface area (Å²) in [6, 6.07) is 8.35. The lowest BCUT2D eigenvalue weighted by Crippen LogP contribution is -2.23. The first-order valence-electron chi connectivity index (χ1n) is 5.74. The van der Waals surface area contributed by atoms with Gasteiger partial charge in [-0.2, -0.15) is 0 Å². The minimum absolute atomic E-state index is 0.318. The Hall–Kier alpha value is -1.94. The molecule has 0 radical (unpaired) electrons. The molecule has 0 unspecified atom stereocenters. The van der Waals surface area contributed by atoms with E-state index in [0.717, 1.165) is 30.8 Å². The SMILES string of the molecule is Nc1nccc(-c2ccc3c(c2)CNCC3)n1. The standard InChI is InChI=1S/C13H14N4/c14-13-16-6-4-12(17-13)10-2-1-9-3-5-15-8-11(9)7-10/h1-2,4,6-7,15H,3,5,8H2,(H2,14,16,17). The summed E-state index contributed by atoms with van der Waals surface area (Å²) in [5, 5.41) is 3.37. The van der Waals surface area contributed by atoms with Crippen molar-refractivity contribution in [2.75, 3.05) is 12.3 Å². The first kappa shape index (κ1) is 10.2. The van der Waals surface area contributed by atoms with Crippen molar-refractivity contribution in [2.24, 2.45) is 0 Å². The Bertz CT molecular complexity index is 551. The zero-order valence-corrected chi connectivity index (χ0v) is 9.48. The first-order chi connectivity index (χ1) is 8.33. The molecule has 3 rings (SSSR count). The highest BCUT2D eigenvalue weighted by Gasteiger charge is 2.10. The van der Waals surface area contributed by atoms with Crippen molar-refractivity contribution in [2.45, 2.75) is 13.0 Å². The van der Waals surface area contributed by atoms with Gasteiger partial charge in [0.15, 0.2) is 0 Å². The zero-order chi connectivity index (χ0) is 11.7. The fraction of sp³-hybridized carbons (Fsp3) is 0.231. The number of fused-ring (bicyclic) bond motifs is 1. The molecule has 1 aliphatic rings. The van der Waals surface area contributed by atoms with Crippen molar-refractivity contribution in [3.05, 3.63) is 41.6 Å². The summed E-state index contributed by atoms with van der Waals surface area (Å²) in [6.07, 6.45) is 2.79. The summed E-state index contributed by atoms with van der Waals surface area (Å²) < 4.78 is 0. The molecule has 0 fully saturated rings. The maximum atomic E-state index is 5.60. The smallest absolute Gasteiger partial charge is 0.220 e. The summed E-state index contributed by atoms with van der Waals surface area (Å²) in [5.74, 6) is 0.318. The molecule has 1 aliphatic heterocycles. The topological polar surface area (TPSA) is 63.8 Å². The molecule has 17 heavy (non-hydrogen) atoms. The lowest BCUT2D eigenvalue weighted by Gasteiger charge is -2.17. The van der Waals surface area contributed by atoms with Gasteiger partial charge in [0.25, 0.3) is 0 Å². The molecule has 0 spiro atoms. The van der Waals surface area contributed by atoms with Gasteiger partial charge in [-0.3, -0.25) is 0 Å². The minimum Gasteiger partial charge on any atom is -0.368 e. The van der Waals surface area contributed by atoms with Gasteiger partial charge in [-0.05, 0) is 36.2 Å². The Morgan fingerprint density at radius 1 is 1.18 bits per heavy atom. The van der Waals surface area contributed by atoms with Gasteiger partial charge in [-0.25, -0.2) is 9.97 Å². The van der Waals surface area contributed by atoms with Crippen LogP contribution in [0.25, 0.3) is 11.3 Å². The van der Waals surface area contributed by atoms with E-state index in [-0.39, 0.29) is 0 Å². The van der Waals surface area contributed by atoms with Crippen LogP contribution in [0.1, 0.15) is 11.1 Å². The monoisotopic (exact) mass is 226 g/mol. The highest BCUT2D eigenvalue weighted by atomic mass is 15.0. The fourth-order valence-corrected chi connectivity index (χ4v) is 2.17. The first-order valence-corrected chi connectivity index (χ1v) is 5.74. The van der Waals surface area contributed by atoms with E-state index >= 15 is 0 Å². The van der Waals surface area contributed by atoms with Crippen molar-refractivity contribution in [1.29, 1.82) is 0 Å². The molecule has 0 saturated heterocycles. The van der Waals surface area contributed by atoms with Crippen molar-refractivity contribution < 1.29 is 0 Å². The van der Waals surface area contributed by atoms with Crippen LogP contribution in [0.15, 0.2) is 30.5 Å². The molecule has 4 nitrogen and oxygen atoms in total. The van der Waals surface area contributed by atoms with E-state index < -0.39 is 0 Å². The molecule has 2 heterocycles. The third kappa shape index (κ3) is 1.99. The van der Waals surface area contributed by atoms with Gasteiger partial charge in [-0.15, -0.1) is 0 Å². The maximum Gasteiger partial charge on any atom is 0.220 e. The van der Waals surface area contributed by atoms with Crippen LogP contribution in [0, 0.1) is 0 Å². The van der Waals surface area contributed by atoms with Gasteiger partial charge in [0.2, 0.25) is 5.95 Å². The number of hydrogen-bond acceptors (Lipinski definition) is 4. The predicted molar refractivity (Wildman–Crippen MR) is 67.3 cm³/mol. The molecule has 4 heteroatoms. The zero-order valence-electron chi connectivity index (χ0n) is 9.48. The van der Waals surface area contributed by atoms with Crippen LogP contribution in [-0.4, -0.2) is 16.5 Å². The van der Waals surface area contributed by atoms with Crippen LogP contribution in [0.4, 0.5) is 5.95 Å². The second-order valence-corrected chi connectivity index (χ2v) is 4.21. The summed E-state index contributed by atoms with van der Waals surface area (Å²) in [5.41, 5.74) is 10.4. The second kappa shape index (κ2) is 4.14. The fourth-order valence-electron chi connectivity index (χ4n) is 2.17. The molecule has 0 saturated carbocycles. The average Bonchev–Trinajstić information content (AvgIpc) is 2.38. The van der Waals surface area contributed by atoms with E-state index in [1.54, 1.807) is 6.20 Å². The number of nitrogen functional groups attached to an aromatic ring is 1. The van der Waals surface area contributed by atoms with Gasteiger partial charge in [0, 0.05) is 18.3 Å².